The van der Waals surface area contributed by atoms with Crippen LogP contribution in [-0.4, -0.2) is 16.2 Å². The van der Waals surface area contributed by atoms with E-state index in [1.807, 2.05) is 24.3 Å². The number of halogens is 1. The summed E-state index contributed by atoms with van der Waals surface area (Å²) in [6.07, 6.45) is 8.22. The Morgan fingerprint density at radius 3 is 2.83 bits per heavy atom. The summed E-state index contributed by atoms with van der Waals surface area (Å²) in [5.74, 6) is 0.808. The van der Waals surface area contributed by atoms with Crippen molar-refractivity contribution < 1.29 is 0 Å². The van der Waals surface area contributed by atoms with Crippen LogP contribution in [0.3, 0.4) is 0 Å². The lowest BCUT2D eigenvalue weighted by Gasteiger charge is -2.11. The van der Waals surface area contributed by atoms with E-state index in [4.69, 9.17) is 0 Å². The van der Waals surface area contributed by atoms with E-state index in [-0.39, 0.29) is 0 Å². The van der Waals surface area contributed by atoms with Crippen molar-refractivity contribution in [2.45, 2.75) is 25.7 Å². The summed E-state index contributed by atoms with van der Waals surface area (Å²) in [6, 6.07) is 8.02. The van der Waals surface area contributed by atoms with Gasteiger partial charge in [-0.25, -0.2) is 9.97 Å². The third-order valence-electron chi connectivity index (χ3n) is 4.01. The van der Waals surface area contributed by atoms with Gasteiger partial charge in [-0.15, -0.1) is 11.3 Å². The van der Waals surface area contributed by atoms with Gasteiger partial charge in [0.2, 0.25) is 0 Å². The molecule has 23 heavy (non-hydrogen) atoms. The van der Waals surface area contributed by atoms with Crippen LogP contribution in [0.2, 0.25) is 0 Å². The van der Waals surface area contributed by atoms with Crippen LogP contribution in [0.5, 0.6) is 0 Å². The molecule has 3 aromatic rings. The fraction of sp³-hybridized carbons (Fsp3) is 0.235. The number of aromatic nitrogens is 2. The summed E-state index contributed by atoms with van der Waals surface area (Å²) in [5.41, 5.74) is 5.56. The summed E-state index contributed by atoms with van der Waals surface area (Å²) in [5, 5.41) is 5.50. The van der Waals surface area contributed by atoms with Crippen molar-refractivity contribution in [3.8, 4) is 0 Å². The monoisotopic (exact) mass is 386 g/mol. The fourth-order valence-corrected chi connectivity index (χ4v) is 4.39. The number of thiophene rings is 1. The van der Waals surface area contributed by atoms with E-state index < -0.39 is 0 Å². The van der Waals surface area contributed by atoms with E-state index >= 15 is 0 Å². The zero-order valence-electron chi connectivity index (χ0n) is 12.4. The number of anilines is 1. The molecule has 1 N–H and O–H groups in total. The molecule has 0 fully saturated rings. The molecule has 2 heterocycles. The Kier molecular flexibility index (Phi) is 4.10. The Balaban J connectivity index is 1.63. The minimum absolute atomic E-state index is 0.808. The SMILES string of the molecule is Brc1ccc(/C=N/Nc2ncnc3sc4c(c23)CCCC4)cc1. The second-order valence-electron chi connectivity index (χ2n) is 5.53. The summed E-state index contributed by atoms with van der Waals surface area (Å²) in [7, 11) is 0. The highest BCUT2D eigenvalue weighted by atomic mass is 79.9. The number of hydrogen-bond donors (Lipinski definition) is 1. The van der Waals surface area contributed by atoms with E-state index in [1.165, 1.54) is 23.3 Å². The average molecular weight is 387 g/mol. The maximum absolute atomic E-state index is 4.43. The van der Waals surface area contributed by atoms with Crippen LogP contribution in [-0.2, 0) is 12.8 Å². The molecule has 0 unspecified atom stereocenters. The lowest BCUT2D eigenvalue weighted by Crippen LogP contribution is -2.00. The minimum Gasteiger partial charge on any atom is -0.261 e. The number of hydrogen-bond acceptors (Lipinski definition) is 5. The molecule has 0 amide bonds. The van der Waals surface area contributed by atoms with Crippen molar-refractivity contribution in [1.82, 2.24) is 9.97 Å². The molecule has 6 heteroatoms. The zero-order valence-corrected chi connectivity index (χ0v) is 14.8. The molecule has 1 aromatic carbocycles. The topological polar surface area (TPSA) is 50.2 Å². The molecule has 1 aliphatic rings. The third-order valence-corrected chi connectivity index (χ3v) is 5.73. The van der Waals surface area contributed by atoms with Gasteiger partial charge < -0.3 is 0 Å². The molecular formula is C17H15BrN4S. The summed E-state index contributed by atoms with van der Waals surface area (Å²) in [4.78, 5) is 11.4. The van der Waals surface area contributed by atoms with E-state index in [1.54, 1.807) is 23.9 Å². The predicted octanol–water partition coefficient (Wildman–Crippen LogP) is 4.78. The van der Waals surface area contributed by atoms with Crippen LogP contribution in [0.1, 0.15) is 28.8 Å². The second-order valence-corrected chi connectivity index (χ2v) is 7.53. The van der Waals surface area contributed by atoms with Crippen LogP contribution >= 0.6 is 27.3 Å². The Hall–Kier alpha value is -1.79. The number of benzene rings is 1. The highest BCUT2D eigenvalue weighted by molar-refractivity contribution is 9.10. The number of nitrogens with one attached hydrogen (secondary N) is 1. The average Bonchev–Trinajstić information content (AvgIpc) is 2.96. The van der Waals surface area contributed by atoms with Gasteiger partial charge in [-0.05, 0) is 48.9 Å². The number of fused-ring (bicyclic) bond motifs is 3. The quantitative estimate of drug-likeness (QED) is 0.520. The molecule has 0 spiro atoms. The number of aryl methyl sites for hydroxylation is 2. The first-order valence-corrected chi connectivity index (χ1v) is 9.22. The maximum Gasteiger partial charge on any atom is 0.158 e. The van der Waals surface area contributed by atoms with Gasteiger partial charge in [0.25, 0.3) is 0 Å². The van der Waals surface area contributed by atoms with Crippen LogP contribution in [0.15, 0.2) is 40.2 Å². The molecule has 0 saturated heterocycles. The van der Waals surface area contributed by atoms with Gasteiger partial charge in [0, 0.05) is 9.35 Å². The number of hydrazone groups is 1. The first-order chi connectivity index (χ1) is 11.3. The zero-order chi connectivity index (χ0) is 15.6. The molecule has 2 aromatic heterocycles. The van der Waals surface area contributed by atoms with Crippen LogP contribution < -0.4 is 5.43 Å². The summed E-state index contributed by atoms with van der Waals surface area (Å²) < 4.78 is 1.06. The molecule has 0 radical (unpaired) electrons. The standard InChI is InChI=1S/C17H15BrN4S/c18-12-7-5-11(6-8-12)9-21-22-16-15-13-3-1-2-4-14(13)23-17(15)20-10-19-16/h5-10H,1-4H2,(H,19,20,22)/b21-9+. The Morgan fingerprint density at radius 1 is 1.13 bits per heavy atom. The van der Waals surface area contributed by atoms with Gasteiger partial charge >= 0.3 is 0 Å². The second kappa shape index (κ2) is 6.37. The van der Waals surface area contributed by atoms with E-state index in [9.17, 15) is 0 Å². The van der Waals surface area contributed by atoms with Gasteiger partial charge in [0.15, 0.2) is 5.82 Å². The highest BCUT2D eigenvalue weighted by Gasteiger charge is 2.19. The molecular weight excluding hydrogens is 372 g/mol. The van der Waals surface area contributed by atoms with E-state index in [0.717, 1.165) is 38.9 Å². The van der Waals surface area contributed by atoms with Gasteiger partial charge in [0.05, 0.1) is 11.6 Å². The molecule has 0 saturated carbocycles. The third kappa shape index (κ3) is 3.01. The molecule has 1 aliphatic carbocycles. The smallest absolute Gasteiger partial charge is 0.158 e. The molecule has 4 nitrogen and oxygen atoms in total. The first-order valence-electron chi connectivity index (χ1n) is 7.61. The largest absolute Gasteiger partial charge is 0.261 e. The van der Waals surface area contributed by atoms with Gasteiger partial charge in [0.1, 0.15) is 11.2 Å². The Labute approximate surface area is 146 Å². The van der Waals surface area contributed by atoms with Gasteiger partial charge in [-0.1, -0.05) is 28.1 Å². The minimum atomic E-state index is 0.808. The van der Waals surface area contributed by atoms with Gasteiger partial charge in [-0.2, -0.15) is 5.10 Å². The van der Waals surface area contributed by atoms with Crippen molar-refractivity contribution in [3.05, 3.63) is 51.1 Å². The predicted molar refractivity (Wildman–Crippen MR) is 99.4 cm³/mol. The Morgan fingerprint density at radius 2 is 1.96 bits per heavy atom. The van der Waals surface area contributed by atoms with Crippen molar-refractivity contribution in [2.75, 3.05) is 5.43 Å². The van der Waals surface area contributed by atoms with E-state index in [2.05, 4.69) is 36.4 Å². The number of rotatable bonds is 3. The van der Waals surface area contributed by atoms with Gasteiger partial charge in [-0.3, -0.25) is 5.43 Å². The van der Waals surface area contributed by atoms with Crippen molar-refractivity contribution in [2.24, 2.45) is 5.10 Å². The molecule has 116 valence electrons. The van der Waals surface area contributed by atoms with Crippen LogP contribution in [0, 0.1) is 0 Å². The lowest BCUT2D eigenvalue weighted by atomic mass is 9.97. The molecule has 0 atom stereocenters. The maximum atomic E-state index is 4.43. The van der Waals surface area contributed by atoms with Crippen molar-refractivity contribution in [3.63, 3.8) is 0 Å². The molecule has 0 bridgehead atoms. The first kappa shape index (κ1) is 14.8. The van der Waals surface area contributed by atoms with E-state index in [0.29, 0.717) is 0 Å². The van der Waals surface area contributed by atoms with Crippen LogP contribution in [0.25, 0.3) is 10.2 Å². The summed E-state index contributed by atoms with van der Waals surface area (Å²) >= 11 is 5.23. The Bertz CT molecular complexity index is 870. The van der Waals surface area contributed by atoms with Crippen molar-refractivity contribution in [1.29, 1.82) is 0 Å². The summed E-state index contributed by atoms with van der Waals surface area (Å²) in [6.45, 7) is 0. The van der Waals surface area contributed by atoms with Crippen LogP contribution in [0.4, 0.5) is 5.82 Å². The molecule has 4 rings (SSSR count). The highest BCUT2D eigenvalue weighted by Crippen LogP contribution is 2.38. The normalized spacial score (nSPS) is 14.3. The molecule has 0 aliphatic heterocycles. The van der Waals surface area contributed by atoms with Crippen molar-refractivity contribution >= 4 is 49.5 Å². The lowest BCUT2D eigenvalue weighted by molar-refractivity contribution is 0.700. The fourth-order valence-electron chi connectivity index (χ4n) is 2.89. The number of nitrogens with zero attached hydrogens (tertiary/aromatic N) is 3.